The molecule has 10 heteroatoms. The molecule has 0 bridgehead atoms. The van der Waals surface area contributed by atoms with Gasteiger partial charge in [-0.25, -0.2) is 8.91 Å². The number of carbonyl (C=O) groups is 2. The fourth-order valence-corrected chi connectivity index (χ4v) is 3.82. The molecule has 8 nitrogen and oxygen atoms in total. The van der Waals surface area contributed by atoms with Crippen molar-refractivity contribution >= 4 is 33.8 Å². The van der Waals surface area contributed by atoms with Crippen molar-refractivity contribution in [2.45, 2.75) is 6.42 Å². The van der Waals surface area contributed by atoms with Gasteiger partial charge in [0.05, 0.1) is 24.1 Å². The van der Waals surface area contributed by atoms with E-state index in [1.165, 1.54) is 24.5 Å². The number of amides is 2. The molecule has 2 amide bonds. The highest BCUT2D eigenvalue weighted by molar-refractivity contribution is 7.15. The second-order valence-electron chi connectivity index (χ2n) is 6.50. The smallest absolute Gasteiger partial charge is 0.313 e. The van der Waals surface area contributed by atoms with E-state index in [1.54, 1.807) is 47.0 Å². The Morgan fingerprint density at radius 3 is 2.71 bits per heavy atom. The number of thiazole rings is 1. The molecule has 4 aromatic rings. The summed E-state index contributed by atoms with van der Waals surface area (Å²) in [7, 11) is 1.48. The fraction of sp³-hybridized carbons (Fsp3) is 0.143. The first-order valence-corrected chi connectivity index (χ1v) is 10.2. The number of nitrogens with zero attached hydrogens (tertiary/aromatic N) is 3. The summed E-state index contributed by atoms with van der Waals surface area (Å²) in [6, 6.07) is 13.1. The van der Waals surface area contributed by atoms with Crippen LogP contribution >= 0.6 is 11.3 Å². The van der Waals surface area contributed by atoms with Gasteiger partial charge in [0.1, 0.15) is 11.6 Å². The van der Waals surface area contributed by atoms with Crippen molar-refractivity contribution in [3.63, 3.8) is 0 Å². The Morgan fingerprint density at radius 1 is 1.13 bits per heavy atom. The number of fused-ring (bicyclic) bond motifs is 1. The predicted octanol–water partition coefficient (Wildman–Crippen LogP) is 2.90. The second-order valence-corrected chi connectivity index (χ2v) is 7.33. The van der Waals surface area contributed by atoms with Crippen LogP contribution in [0.2, 0.25) is 0 Å². The lowest BCUT2D eigenvalue weighted by Gasteiger charge is -2.09. The van der Waals surface area contributed by atoms with Crippen LogP contribution in [0.15, 0.2) is 53.9 Å². The molecule has 0 aliphatic heterocycles. The van der Waals surface area contributed by atoms with Crippen molar-refractivity contribution in [2.75, 3.05) is 19.0 Å². The molecule has 0 unspecified atom stereocenters. The maximum atomic E-state index is 14.0. The Bertz CT molecular complexity index is 1250. The molecule has 0 saturated carbocycles. The lowest BCUT2D eigenvalue weighted by Crippen LogP contribution is -2.36. The lowest BCUT2D eigenvalue weighted by molar-refractivity contribution is -0.136. The van der Waals surface area contributed by atoms with Crippen LogP contribution in [0.5, 0.6) is 5.75 Å². The first kappa shape index (κ1) is 20.5. The number of rotatable bonds is 6. The number of aromatic nitrogens is 3. The molecule has 2 aromatic carbocycles. The number of anilines is 1. The molecule has 0 saturated heterocycles. The van der Waals surface area contributed by atoms with E-state index in [0.717, 1.165) is 5.69 Å². The standard InChI is InChI=1S/C21H18FN5O3S/c1-30-17-9-5-4-8-16(17)24-20(29)19(28)23-11-10-13-12-31-21-25-18(26-27(13)21)14-6-2-3-7-15(14)22/h2-9,12H,10-11H2,1H3,(H,23,28)(H,24,29). The zero-order valence-electron chi connectivity index (χ0n) is 16.5. The average Bonchev–Trinajstić information content (AvgIpc) is 3.36. The zero-order valence-corrected chi connectivity index (χ0v) is 17.3. The third-order valence-electron chi connectivity index (χ3n) is 4.49. The molecular formula is C21H18FN5O3S. The van der Waals surface area contributed by atoms with Crippen LogP contribution in [0, 0.1) is 5.82 Å². The van der Waals surface area contributed by atoms with Crippen molar-refractivity contribution < 1.29 is 18.7 Å². The monoisotopic (exact) mass is 439 g/mol. The molecule has 0 fully saturated rings. The first-order chi connectivity index (χ1) is 15.1. The van der Waals surface area contributed by atoms with Gasteiger partial charge < -0.3 is 15.4 Å². The minimum Gasteiger partial charge on any atom is -0.495 e. The van der Waals surface area contributed by atoms with Crippen molar-refractivity contribution in [2.24, 2.45) is 0 Å². The van der Waals surface area contributed by atoms with Gasteiger partial charge >= 0.3 is 11.8 Å². The Kier molecular flexibility index (Phi) is 5.89. The molecular weight excluding hydrogens is 421 g/mol. The average molecular weight is 439 g/mol. The number of hydrogen-bond acceptors (Lipinski definition) is 6. The SMILES string of the molecule is COc1ccccc1NC(=O)C(=O)NCCc1csc2nc(-c3ccccc3F)nn12. The summed E-state index contributed by atoms with van der Waals surface area (Å²) in [6.45, 7) is 0.221. The molecule has 0 atom stereocenters. The topological polar surface area (TPSA) is 97.6 Å². The van der Waals surface area contributed by atoms with E-state index >= 15 is 0 Å². The summed E-state index contributed by atoms with van der Waals surface area (Å²) in [5, 5.41) is 11.4. The summed E-state index contributed by atoms with van der Waals surface area (Å²) in [5.74, 6) is -1.19. The number of benzene rings is 2. The van der Waals surface area contributed by atoms with Gasteiger partial charge in [0, 0.05) is 18.3 Å². The van der Waals surface area contributed by atoms with E-state index in [4.69, 9.17) is 4.74 Å². The maximum absolute atomic E-state index is 14.0. The van der Waals surface area contributed by atoms with Gasteiger partial charge in [0.15, 0.2) is 5.82 Å². The van der Waals surface area contributed by atoms with Gasteiger partial charge in [0.2, 0.25) is 4.96 Å². The van der Waals surface area contributed by atoms with Gasteiger partial charge in [-0.3, -0.25) is 9.59 Å². The number of para-hydroxylation sites is 2. The number of carbonyl (C=O) groups excluding carboxylic acids is 2. The molecule has 31 heavy (non-hydrogen) atoms. The highest BCUT2D eigenvalue weighted by Gasteiger charge is 2.17. The molecule has 0 spiro atoms. The molecule has 0 aliphatic carbocycles. The van der Waals surface area contributed by atoms with Gasteiger partial charge in [-0.2, -0.15) is 4.98 Å². The van der Waals surface area contributed by atoms with Gasteiger partial charge in [-0.15, -0.1) is 16.4 Å². The van der Waals surface area contributed by atoms with Crippen LogP contribution in [0.1, 0.15) is 5.69 Å². The van der Waals surface area contributed by atoms with Gasteiger partial charge in [-0.1, -0.05) is 24.3 Å². The summed E-state index contributed by atoms with van der Waals surface area (Å²) in [5.41, 5.74) is 1.53. The Morgan fingerprint density at radius 2 is 1.90 bits per heavy atom. The summed E-state index contributed by atoms with van der Waals surface area (Å²) in [4.78, 5) is 29.3. The van der Waals surface area contributed by atoms with E-state index in [1.807, 2.05) is 5.38 Å². The van der Waals surface area contributed by atoms with E-state index in [9.17, 15) is 14.0 Å². The Labute approximate surface area is 180 Å². The van der Waals surface area contributed by atoms with Crippen molar-refractivity contribution in [1.82, 2.24) is 19.9 Å². The predicted molar refractivity (Wildman–Crippen MR) is 115 cm³/mol. The number of nitrogens with one attached hydrogen (secondary N) is 2. The van der Waals surface area contributed by atoms with Crippen molar-refractivity contribution in [3.8, 4) is 17.1 Å². The Hall–Kier alpha value is -3.79. The summed E-state index contributed by atoms with van der Waals surface area (Å²) in [6.07, 6.45) is 0.424. The minimum atomic E-state index is -0.789. The normalized spacial score (nSPS) is 10.8. The van der Waals surface area contributed by atoms with Crippen LogP contribution in [-0.4, -0.2) is 40.1 Å². The third-order valence-corrected chi connectivity index (χ3v) is 5.36. The quantitative estimate of drug-likeness (QED) is 0.450. The number of ether oxygens (including phenoxy) is 1. The minimum absolute atomic E-state index is 0.221. The van der Waals surface area contributed by atoms with Crippen LogP contribution in [0.3, 0.4) is 0 Å². The zero-order chi connectivity index (χ0) is 21.8. The maximum Gasteiger partial charge on any atom is 0.313 e. The molecule has 2 heterocycles. The van der Waals surface area contributed by atoms with Gasteiger partial charge in [-0.05, 0) is 24.3 Å². The largest absolute Gasteiger partial charge is 0.495 e. The van der Waals surface area contributed by atoms with Crippen LogP contribution in [0.25, 0.3) is 16.3 Å². The third kappa shape index (κ3) is 4.38. The van der Waals surface area contributed by atoms with Gasteiger partial charge in [0.25, 0.3) is 0 Å². The van der Waals surface area contributed by atoms with E-state index in [-0.39, 0.29) is 6.54 Å². The molecule has 2 aromatic heterocycles. The van der Waals surface area contributed by atoms with E-state index in [0.29, 0.717) is 34.2 Å². The second kappa shape index (κ2) is 8.92. The molecule has 4 rings (SSSR count). The highest BCUT2D eigenvalue weighted by atomic mass is 32.1. The summed E-state index contributed by atoms with van der Waals surface area (Å²) < 4.78 is 20.8. The van der Waals surface area contributed by atoms with Crippen LogP contribution in [-0.2, 0) is 16.0 Å². The van der Waals surface area contributed by atoms with E-state index in [2.05, 4.69) is 20.7 Å². The molecule has 158 valence electrons. The van der Waals surface area contributed by atoms with E-state index < -0.39 is 17.6 Å². The van der Waals surface area contributed by atoms with Crippen molar-refractivity contribution in [3.05, 3.63) is 65.4 Å². The number of hydrogen-bond donors (Lipinski definition) is 2. The fourth-order valence-electron chi connectivity index (χ4n) is 2.96. The number of methoxy groups -OCH3 is 1. The van der Waals surface area contributed by atoms with Crippen molar-refractivity contribution in [1.29, 1.82) is 0 Å². The lowest BCUT2D eigenvalue weighted by atomic mass is 10.2. The molecule has 2 N–H and O–H groups in total. The molecule has 0 aliphatic rings. The molecule has 0 radical (unpaired) electrons. The Balaban J connectivity index is 1.38. The highest BCUT2D eigenvalue weighted by Crippen LogP contribution is 2.24. The van der Waals surface area contributed by atoms with Crippen LogP contribution in [0.4, 0.5) is 10.1 Å². The number of halogens is 1. The van der Waals surface area contributed by atoms with Crippen LogP contribution < -0.4 is 15.4 Å². The first-order valence-electron chi connectivity index (χ1n) is 9.37. The summed E-state index contributed by atoms with van der Waals surface area (Å²) >= 11 is 1.37.